The summed E-state index contributed by atoms with van der Waals surface area (Å²) in [5.41, 5.74) is 5.80. The highest BCUT2D eigenvalue weighted by Gasteiger charge is 2.06. The summed E-state index contributed by atoms with van der Waals surface area (Å²) < 4.78 is 0. The first kappa shape index (κ1) is 14.6. The number of hydrogen-bond acceptors (Lipinski definition) is 2. The van der Waals surface area contributed by atoms with E-state index < -0.39 is 6.03 Å². The maximum absolute atomic E-state index is 11.8. The highest BCUT2D eigenvalue weighted by Crippen LogP contribution is 2.18. The Labute approximate surface area is 133 Å². The number of rotatable bonds is 2. The molecule has 3 rings (SSSR count). The third-order valence-corrected chi connectivity index (χ3v) is 3.33. The van der Waals surface area contributed by atoms with Gasteiger partial charge in [0.25, 0.3) is 5.91 Å². The Hall–Kier alpha value is -3.34. The SMILES string of the molecule is O=C(NNC(=O)c1ccccc1)Nc1ccc2ccccc2c1. The number of anilines is 1. The van der Waals surface area contributed by atoms with Crippen LogP contribution in [0.25, 0.3) is 10.8 Å². The summed E-state index contributed by atoms with van der Waals surface area (Å²) in [5.74, 6) is -0.376. The second-order valence-electron chi connectivity index (χ2n) is 4.96. The van der Waals surface area contributed by atoms with Crippen molar-refractivity contribution >= 4 is 28.4 Å². The van der Waals surface area contributed by atoms with Crippen molar-refractivity contribution in [2.24, 2.45) is 0 Å². The number of carbonyl (C=O) groups is 2. The summed E-state index contributed by atoms with van der Waals surface area (Å²) in [7, 11) is 0. The summed E-state index contributed by atoms with van der Waals surface area (Å²) in [5, 5.41) is 4.80. The Morgan fingerprint density at radius 2 is 1.39 bits per heavy atom. The highest BCUT2D eigenvalue weighted by molar-refractivity contribution is 5.98. The van der Waals surface area contributed by atoms with E-state index in [9.17, 15) is 9.59 Å². The van der Waals surface area contributed by atoms with Crippen LogP contribution < -0.4 is 16.2 Å². The molecule has 114 valence electrons. The quantitative estimate of drug-likeness (QED) is 0.636. The predicted molar refractivity (Wildman–Crippen MR) is 90.0 cm³/mol. The third-order valence-electron chi connectivity index (χ3n) is 3.33. The van der Waals surface area contributed by atoms with Gasteiger partial charge < -0.3 is 5.32 Å². The average molecular weight is 305 g/mol. The number of hydrogen-bond donors (Lipinski definition) is 3. The summed E-state index contributed by atoms with van der Waals surface area (Å²) >= 11 is 0. The molecule has 23 heavy (non-hydrogen) atoms. The second-order valence-corrected chi connectivity index (χ2v) is 4.96. The second kappa shape index (κ2) is 6.62. The Morgan fingerprint density at radius 1 is 0.696 bits per heavy atom. The predicted octanol–water partition coefficient (Wildman–Crippen LogP) is 3.31. The van der Waals surface area contributed by atoms with Crippen molar-refractivity contribution < 1.29 is 9.59 Å². The molecule has 3 aromatic rings. The first-order chi connectivity index (χ1) is 11.2. The van der Waals surface area contributed by atoms with Crippen LogP contribution in [0.1, 0.15) is 10.4 Å². The number of fused-ring (bicyclic) bond motifs is 1. The molecular formula is C18H15N3O2. The van der Waals surface area contributed by atoms with Crippen molar-refractivity contribution in [3.8, 4) is 0 Å². The molecule has 0 aliphatic carbocycles. The van der Waals surface area contributed by atoms with Crippen molar-refractivity contribution in [3.05, 3.63) is 78.4 Å². The average Bonchev–Trinajstić information content (AvgIpc) is 2.60. The van der Waals surface area contributed by atoms with Crippen LogP contribution in [0.2, 0.25) is 0 Å². The zero-order valence-electron chi connectivity index (χ0n) is 12.2. The number of urea groups is 1. The molecule has 0 heterocycles. The molecule has 0 aromatic heterocycles. The van der Waals surface area contributed by atoms with Crippen molar-refractivity contribution in [3.63, 3.8) is 0 Å². The van der Waals surface area contributed by atoms with Crippen molar-refractivity contribution in [2.75, 3.05) is 5.32 Å². The van der Waals surface area contributed by atoms with Gasteiger partial charge in [-0.3, -0.25) is 10.2 Å². The lowest BCUT2D eigenvalue weighted by Crippen LogP contribution is -2.43. The van der Waals surface area contributed by atoms with Gasteiger partial charge in [-0.1, -0.05) is 48.5 Å². The van der Waals surface area contributed by atoms with E-state index in [1.807, 2.05) is 42.5 Å². The zero-order chi connectivity index (χ0) is 16.1. The van der Waals surface area contributed by atoms with Gasteiger partial charge in [0, 0.05) is 11.3 Å². The smallest absolute Gasteiger partial charge is 0.307 e. The minimum absolute atomic E-state index is 0.376. The molecule has 0 aliphatic heterocycles. The molecule has 0 unspecified atom stereocenters. The van der Waals surface area contributed by atoms with E-state index >= 15 is 0 Å². The molecule has 0 fully saturated rings. The summed E-state index contributed by atoms with van der Waals surface area (Å²) in [6, 6.07) is 21.6. The van der Waals surface area contributed by atoms with Crippen LogP contribution in [0.5, 0.6) is 0 Å². The largest absolute Gasteiger partial charge is 0.337 e. The van der Waals surface area contributed by atoms with Crippen LogP contribution >= 0.6 is 0 Å². The Kier molecular flexibility index (Phi) is 4.20. The monoisotopic (exact) mass is 305 g/mol. The van der Waals surface area contributed by atoms with Crippen molar-refractivity contribution in [2.45, 2.75) is 0 Å². The van der Waals surface area contributed by atoms with E-state index in [2.05, 4.69) is 16.2 Å². The fourth-order valence-electron chi connectivity index (χ4n) is 2.20. The fourth-order valence-corrected chi connectivity index (χ4v) is 2.20. The Bertz CT molecular complexity index is 847. The van der Waals surface area contributed by atoms with Gasteiger partial charge in [0.1, 0.15) is 0 Å². The van der Waals surface area contributed by atoms with E-state index in [-0.39, 0.29) is 5.91 Å². The zero-order valence-corrected chi connectivity index (χ0v) is 12.2. The lowest BCUT2D eigenvalue weighted by Gasteiger charge is -2.09. The number of nitrogens with one attached hydrogen (secondary N) is 3. The van der Waals surface area contributed by atoms with Crippen molar-refractivity contribution in [1.29, 1.82) is 0 Å². The molecular weight excluding hydrogens is 290 g/mol. The number of benzene rings is 3. The van der Waals surface area contributed by atoms with E-state index in [0.29, 0.717) is 11.3 Å². The van der Waals surface area contributed by atoms with Gasteiger partial charge in [0.15, 0.2) is 0 Å². The van der Waals surface area contributed by atoms with Crippen LogP contribution in [0.3, 0.4) is 0 Å². The summed E-state index contributed by atoms with van der Waals surface area (Å²) in [6.45, 7) is 0. The van der Waals surface area contributed by atoms with Gasteiger partial charge in [0.2, 0.25) is 0 Å². The molecule has 0 radical (unpaired) electrons. The minimum atomic E-state index is -0.510. The fraction of sp³-hybridized carbons (Fsp3) is 0. The number of amides is 3. The Morgan fingerprint density at radius 3 is 2.17 bits per heavy atom. The van der Waals surface area contributed by atoms with E-state index in [4.69, 9.17) is 0 Å². The molecule has 3 aromatic carbocycles. The topological polar surface area (TPSA) is 70.2 Å². The van der Waals surface area contributed by atoms with Crippen LogP contribution in [0.4, 0.5) is 10.5 Å². The normalized spacial score (nSPS) is 10.1. The third kappa shape index (κ3) is 3.65. The van der Waals surface area contributed by atoms with Gasteiger partial charge in [-0.2, -0.15) is 0 Å². The first-order valence-electron chi connectivity index (χ1n) is 7.13. The van der Waals surface area contributed by atoms with Gasteiger partial charge in [-0.25, -0.2) is 10.2 Å². The first-order valence-corrected chi connectivity index (χ1v) is 7.13. The standard InChI is InChI=1S/C18H15N3O2/c22-17(14-7-2-1-3-8-14)20-21-18(23)19-16-11-10-13-6-4-5-9-15(13)12-16/h1-12H,(H,20,22)(H2,19,21,23). The van der Waals surface area contributed by atoms with E-state index in [1.54, 1.807) is 30.3 Å². The van der Waals surface area contributed by atoms with Crippen molar-refractivity contribution in [1.82, 2.24) is 10.9 Å². The van der Waals surface area contributed by atoms with Crippen LogP contribution in [-0.2, 0) is 0 Å². The molecule has 0 spiro atoms. The molecule has 3 amide bonds. The summed E-state index contributed by atoms with van der Waals surface area (Å²) in [4.78, 5) is 23.7. The van der Waals surface area contributed by atoms with Gasteiger partial charge >= 0.3 is 6.03 Å². The lowest BCUT2D eigenvalue weighted by atomic mass is 10.1. The maximum Gasteiger partial charge on any atom is 0.337 e. The van der Waals surface area contributed by atoms with Gasteiger partial charge in [-0.15, -0.1) is 0 Å². The summed E-state index contributed by atoms with van der Waals surface area (Å²) in [6.07, 6.45) is 0. The van der Waals surface area contributed by atoms with Crippen LogP contribution in [-0.4, -0.2) is 11.9 Å². The number of hydrazine groups is 1. The molecule has 3 N–H and O–H groups in total. The molecule has 0 saturated carbocycles. The Balaban J connectivity index is 1.59. The van der Waals surface area contributed by atoms with Gasteiger partial charge in [-0.05, 0) is 35.0 Å². The number of carbonyl (C=O) groups excluding carboxylic acids is 2. The van der Waals surface area contributed by atoms with E-state index in [0.717, 1.165) is 10.8 Å². The highest BCUT2D eigenvalue weighted by atomic mass is 16.2. The maximum atomic E-state index is 11.8. The lowest BCUT2D eigenvalue weighted by molar-refractivity contribution is 0.0938. The molecule has 0 aliphatic rings. The van der Waals surface area contributed by atoms with Crippen LogP contribution in [0.15, 0.2) is 72.8 Å². The molecule has 5 nitrogen and oxygen atoms in total. The molecule has 5 heteroatoms. The minimum Gasteiger partial charge on any atom is -0.307 e. The van der Waals surface area contributed by atoms with Crippen LogP contribution in [0, 0.1) is 0 Å². The molecule has 0 saturated heterocycles. The molecule has 0 bridgehead atoms. The molecule has 0 atom stereocenters. The van der Waals surface area contributed by atoms with E-state index in [1.165, 1.54) is 0 Å². The van der Waals surface area contributed by atoms with Gasteiger partial charge in [0.05, 0.1) is 0 Å².